The van der Waals surface area contributed by atoms with E-state index >= 15 is 0 Å². The van der Waals surface area contributed by atoms with E-state index in [2.05, 4.69) is 31.2 Å². The topological polar surface area (TPSA) is 37.3 Å². The van der Waals surface area contributed by atoms with Crippen LogP contribution < -0.4 is 0 Å². The molecule has 0 radical (unpaired) electrons. The van der Waals surface area contributed by atoms with Gasteiger partial charge in [0.2, 0.25) is 0 Å². The van der Waals surface area contributed by atoms with Crippen molar-refractivity contribution in [2.45, 2.75) is 44.9 Å². The zero-order valence-corrected chi connectivity index (χ0v) is 10.6. The van der Waals surface area contributed by atoms with Gasteiger partial charge in [-0.25, -0.2) is 0 Å². The fourth-order valence-corrected chi connectivity index (χ4v) is 2.70. The zero-order valence-electron chi connectivity index (χ0n) is 10.6. The summed E-state index contributed by atoms with van der Waals surface area (Å²) in [5.74, 6) is -0.646. The highest BCUT2D eigenvalue weighted by Gasteiger charge is 2.42. The lowest BCUT2D eigenvalue weighted by atomic mass is 9.63. The van der Waals surface area contributed by atoms with Crippen molar-refractivity contribution in [3.63, 3.8) is 0 Å². The minimum Gasteiger partial charge on any atom is -0.481 e. The van der Waals surface area contributed by atoms with Gasteiger partial charge in [-0.05, 0) is 43.6 Å². The van der Waals surface area contributed by atoms with Gasteiger partial charge < -0.3 is 5.11 Å². The van der Waals surface area contributed by atoms with Crippen LogP contribution in [0, 0.1) is 5.41 Å². The minimum atomic E-state index is -0.646. The van der Waals surface area contributed by atoms with Crippen LogP contribution in [-0.4, -0.2) is 11.1 Å². The molecule has 2 nitrogen and oxygen atoms in total. The molecule has 1 saturated carbocycles. The summed E-state index contributed by atoms with van der Waals surface area (Å²) in [5, 5.41) is 9.24. The predicted molar refractivity (Wildman–Crippen MR) is 68.0 cm³/mol. The smallest absolute Gasteiger partial charge is 0.309 e. The number of hydrogen-bond donors (Lipinski definition) is 1. The molecule has 0 bridgehead atoms. The van der Waals surface area contributed by atoms with Gasteiger partial charge in [0.05, 0.1) is 5.41 Å². The van der Waals surface area contributed by atoms with Gasteiger partial charge >= 0.3 is 5.97 Å². The molecule has 2 rings (SSSR count). The Morgan fingerprint density at radius 2 is 1.59 bits per heavy atom. The second-order valence-corrected chi connectivity index (χ2v) is 5.79. The van der Waals surface area contributed by atoms with Crippen molar-refractivity contribution < 1.29 is 9.90 Å². The zero-order chi connectivity index (χ0) is 12.5. The Balaban J connectivity index is 2.16. The minimum absolute atomic E-state index is 0.149. The monoisotopic (exact) mass is 232 g/mol. The van der Waals surface area contributed by atoms with Gasteiger partial charge in [-0.2, -0.15) is 0 Å². The Morgan fingerprint density at radius 3 is 2.06 bits per heavy atom. The number of aliphatic carboxylic acids is 1. The molecule has 1 aliphatic rings. The van der Waals surface area contributed by atoms with Crippen LogP contribution in [0.4, 0.5) is 0 Å². The second kappa shape index (κ2) is 4.17. The van der Waals surface area contributed by atoms with Gasteiger partial charge in [0.25, 0.3) is 0 Å². The van der Waals surface area contributed by atoms with Crippen molar-refractivity contribution in [3.8, 4) is 0 Å². The molecule has 1 aromatic rings. The molecular formula is C15H20O2. The number of rotatable bonds is 2. The van der Waals surface area contributed by atoms with E-state index in [4.69, 9.17) is 0 Å². The van der Waals surface area contributed by atoms with Crippen molar-refractivity contribution >= 4 is 5.97 Å². The van der Waals surface area contributed by atoms with Crippen LogP contribution in [0.3, 0.4) is 0 Å². The van der Waals surface area contributed by atoms with Gasteiger partial charge in [0, 0.05) is 0 Å². The molecule has 2 heteroatoms. The molecule has 0 atom stereocenters. The highest BCUT2D eigenvalue weighted by atomic mass is 16.4. The average Bonchev–Trinajstić information content (AvgIpc) is 2.34. The summed E-state index contributed by atoms with van der Waals surface area (Å²) in [6, 6.07) is 10.5. The lowest BCUT2D eigenvalue weighted by molar-refractivity contribution is -0.150. The summed E-state index contributed by atoms with van der Waals surface area (Å²) in [4.78, 5) is 11.2. The number of carboxylic acids is 1. The first kappa shape index (κ1) is 12.2. The molecule has 92 valence electrons. The number of carboxylic acid groups (broad SMARTS) is 1. The summed E-state index contributed by atoms with van der Waals surface area (Å²) >= 11 is 0. The van der Waals surface area contributed by atoms with E-state index in [-0.39, 0.29) is 5.41 Å². The van der Waals surface area contributed by atoms with Crippen molar-refractivity contribution in [1.29, 1.82) is 0 Å². The van der Waals surface area contributed by atoms with E-state index in [0.29, 0.717) is 0 Å². The number of benzene rings is 1. The summed E-state index contributed by atoms with van der Waals surface area (Å²) < 4.78 is 0. The van der Waals surface area contributed by atoms with Gasteiger partial charge in [-0.3, -0.25) is 4.79 Å². The lowest BCUT2D eigenvalue weighted by Gasteiger charge is -2.41. The van der Waals surface area contributed by atoms with Crippen LogP contribution in [-0.2, 0) is 10.2 Å². The van der Waals surface area contributed by atoms with Crippen molar-refractivity contribution in [2.75, 3.05) is 0 Å². The molecule has 0 aromatic heterocycles. The third-order valence-electron chi connectivity index (χ3n) is 4.44. The Kier molecular flexibility index (Phi) is 2.98. The Hall–Kier alpha value is -1.31. The third kappa shape index (κ3) is 2.21. The lowest BCUT2D eigenvalue weighted by Crippen LogP contribution is -2.38. The highest BCUT2D eigenvalue weighted by Crippen LogP contribution is 2.46. The fraction of sp³-hybridized carbons (Fsp3) is 0.533. The SMILES string of the molecule is CC1(C(=O)O)CCC(C)(c2ccccc2)CC1. The molecule has 1 aromatic carbocycles. The predicted octanol–water partition coefficient (Wildman–Crippen LogP) is 3.61. The second-order valence-electron chi connectivity index (χ2n) is 5.79. The maximum absolute atomic E-state index is 11.2. The maximum atomic E-state index is 11.2. The first-order chi connectivity index (χ1) is 7.96. The molecule has 0 spiro atoms. The van der Waals surface area contributed by atoms with Crippen molar-refractivity contribution in [2.24, 2.45) is 5.41 Å². The summed E-state index contributed by atoms with van der Waals surface area (Å²) in [5.41, 5.74) is 0.970. The third-order valence-corrected chi connectivity index (χ3v) is 4.44. The van der Waals surface area contributed by atoms with Crippen LogP contribution in [0.15, 0.2) is 30.3 Å². The van der Waals surface area contributed by atoms with E-state index in [9.17, 15) is 9.90 Å². The first-order valence-corrected chi connectivity index (χ1v) is 6.25. The largest absolute Gasteiger partial charge is 0.481 e. The average molecular weight is 232 g/mol. The molecule has 1 fully saturated rings. The van der Waals surface area contributed by atoms with E-state index in [0.717, 1.165) is 25.7 Å². The maximum Gasteiger partial charge on any atom is 0.309 e. The Bertz CT molecular complexity index is 400. The Morgan fingerprint density at radius 1 is 1.06 bits per heavy atom. The van der Waals surface area contributed by atoms with Gasteiger partial charge in [-0.15, -0.1) is 0 Å². The number of carbonyl (C=O) groups is 1. The normalized spacial score (nSPS) is 33.3. The van der Waals surface area contributed by atoms with Crippen LogP contribution >= 0.6 is 0 Å². The summed E-state index contributed by atoms with van der Waals surface area (Å²) in [7, 11) is 0. The molecule has 0 saturated heterocycles. The van der Waals surface area contributed by atoms with Gasteiger partial charge in [0.1, 0.15) is 0 Å². The van der Waals surface area contributed by atoms with E-state index in [1.807, 2.05) is 13.0 Å². The first-order valence-electron chi connectivity index (χ1n) is 6.25. The molecule has 17 heavy (non-hydrogen) atoms. The van der Waals surface area contributed by atoms with Gasteiger partial charge in [-0.1, -0.05) is 37.3 Å². The molecule has 1 N–H and O–H groups in total. The molecular weight excluding hydrogens is 212 g/mol. The fourth-order valence-electron chi connectivity index (χ4n) is 2.70. The molecule has 0 heterocycles. The van der Waals surface area contributed by atoms with Crippen LogP contribution in [0.1, 0.15) is 45.1 Å². The van der Waals surface area contributed by atoms with E-state index in [1.165, 1.54) is 5.56 Å². The van der Waals surface area contributed by atoms with E-state index in [1.54, 1.807) is 0 Å². The van der Waals surface area contributed by atoms with Crippen LogP contribution in [0.5, 0.6) is 0 Å². The van der Waals surface area contributed by atoms with Gasteiger partial charge in [0.15, 0.2) is 0 Å². The highest BCUT2D eigenvalue weighted by molar-refractivity contribution is 5.74. The molecule has 0 amide bonds. The standard InChI is InChI=1S/C15H20O2/c1-14(12-6-4-3-5-7-12)8-10-15(2,11-9-14)13(16)17/h3-7H,8-11H2,1-2H3,(H,16,17). The van der Waals surface area contributed by atoms with Crippen LogP contribution in [0.25, 0.3) is 0 Å². The molecule has 0 unspecified atom stereocenters. The number of hydrogen-bond acceptors (Lipinski definition) is 1. The van der Waals surface area contributed by atoms with Crippen molar-refractivity contribution in [1.82, 2.24) is 0 Å². The van der Waals surface area contributed by atoms with Crippen LogP contribution in [0.2, 0.25) is 0 Å². The molecule has 0 aliphatic heterocycles. The molecule has 1 aliphatic carbocycles. The van der Waals surface area contributed by atoms with E-state index < -0.39 is 11.4 Å². The quantitative estimate of drug-likeness (QED) is 0.845. The Labute approximate surface area is 103 Å². The summed E-state index contributed by atoms with van der Waals surface area (Å²) in [6.45, 7) is 4.13. The summed E-state index contributed by atoms with van der Waals surface area (Å²) in [6.07, 6.45) is 3.46. The van der Waals surface area contributed by atoms with Crippen molar-refractivity contribution in [3.05, 3.63) is 35.9 Å².